The fourth-order valence-corrected chi connectivity index (χ4v) is 2.42. The molecule has 0 saturated carbocycles. The van der Waals surface area contributed by atoms with Gasteiger partial charge < -0.3 is 16.4 Å². The van der Waals surface area contributed by atoms with Crippen LogP contribution >= 0.6 is 11.6 Å². The van der Waals surface area contributed by atoms with Gasteiger partial charge in [-0.15, -0.1) is 0 Å². The number of nitrogens with two attached hydrogens (primary N) is 2. The van der Waals surface area contributed by atoms with Gasteiger partial charge in [0.15, 0.2) is 5.78 Å². The molecule has 0 radical (unpaired) electrons. The Balaban J connectivity index is 2.55. The lowest BCUT2D eigenvalue weighted by atomic mass is 10.0. The van der Waals surface area contributed by atoms with Gasteiger partial charge in [-0.25, -0.2) is 0 Å². The second-order valence-corrected chi connectivity index (χ2v) is 5.44. The maximum absolute atomic E-state index is 12.8. The second-order valence-electron chi connectivity index (χ2n) is 5.01. The Bertz CT molecular complexity index is 778. The molecule has 6 nitrogen and oxygen atoms in total. The van der Waals surface area contributed by atoms with Crippen molar-refractivity contribution in [2.45, 2.75) is 0 Å². The van der Waals surface area contributed by atoms with Gasteiger partial charge in [-0.05, 0) is 18.2 Å². The van der Waals surface area contributed by atoms with E-state index in [4.69, 9.17) is 23.1 Å². The Kier molecular flexibility index (Phi) is 5.68. The van der Waals surface area contributed by atoms with E-state index in [1.54, 1.807) is 30.3 Å². The van der Waals surface area contributed by atoms with E-state index in [-0.39, 0.29) is 30.1 Å². The van der Waals surface area contributed by atoms with E-state index in [0.29, 0.717) is 10.6 Å². The molecule has 0 unspecified atom stereocenters. The number of carbonyl (C=O) groups excluding carboxylic acids is 3. The Labute approximate surface area is 144 Å². The van der Waals surface area contributed by atoms with E-state index in [9.17, 15) is 14.4 Å². The zero-order chi connectivity index (χ0) is 17.7. The molecule has 0 heterocycles. The minimum atomic E-state index is -0.718. The molecule has 0 aliphatic carbocycles. The van der Waals surface area contributed by atoms with Crippen LogP contribution in [0.4, 0.5) is 5.69 Å². The topological polar surface area (TPSA) is 106 Å². The summed E-state index contributed by atoms with van der Waals surface area (Å²) in [6.45, 7) is -0.707. The average molecular weight is 346 g/mol. The Morgan fingerprint density at radius 1 is 1.04 bits per heavy atom. The number of halogens is 1. The van der Waals surface area contributed by atoms with Gasteiger partial charge in [-0.2, -0.15) is 0 Å². The van der Waals surface area contributed by atoms with Crippen LogP contribution in [0, 0.1) is 0 Å². The quantitative estimate of drug-likeness (QED) is 0.770. The molecule has 0 atom stereocenters. The van der Waals surface area contributed by atoms with Crippen LogP contribution < -0.4 is 16.4 Å². The molecule has 2 aromatic carbocycles. The fraction of sp³-hybridized carbons (Fsp3) is 0.118. The van der Waals surface area contributed by atoms with Gasteiger partial charge in [-0.1, -0.05) is 41.9 Å². The predicted molar refractivity (Wildman–Crippen MR) is 91.9 cm³/mol. The molecule has 0 spiro atoms. The maximum Gasteiger partial charge on any atom is 0.241 e. The van der Waals surface area contributed by atoms with E-state index in [1.165, 1.54) is 18.2 Å². The minimum absolute atomic E-state index is 0.191. The highest BCUT2D eigenvalue weighted by molar-refractivity contribution is 6.31. The largest absolute Gasteiger partial charge is 0.368 e. The molecule has 2 amide bonds. The van der Waals surface area contributed by atoms with Gasteiger partial charge in [0.1, 0.15) is 6.54 Å². The standard InChI is InChI=1S/C17H16ClN3O3/c18-12-6-7-14(21(10-15(20)22)16(23)9-19)13(8-12)17(24)11-4-2-1-3-5-11/h1-8H,9-10,19H2,(H2,20,22). The molecule has 24 heavy (non-hydrogen) atoms. The van der Waals surface area contributed by atoms with Crippen LogP contribution in [0.2, 0.25) is 5.02 Å². The number of hydrogen-bond donors (Lipinski definition) is 2. The van der Waals surface area contributed by atoms with Crippen LogP contribution in [0.3, 0.4) is 0 Å². The number of anilines is 1. The third kappa shape index (κ3) is 3.98. The fourth-order valence-electron chi connectivity index (χ4n) is 2.24. The average Bonchev–Trinajstić information content (AvgIpc) is 2.59. The molecular weight excluding hydrogens is 330 g/mol. The van der Waals surface area contributed by atoms with Gasteiger partial charge >= 0.3 is 0 Å². The minimum Gasteiger partial charge on any atom is -0.368 e. The van der Waals surface area contributed by atoms with Crippen LogP contribution in [-0.4, -0.2) is 30.7 Å². The van der Waals surface area contributed by atoms with Gasteiger partial charge in [0, 0.05) is 16.1 Å². The zero-order valence-electron chi connectivity index (χ0n) is 12.7. The molecular formula is C17H16ClN3O3. The molecule has 4 N–H and O–H groups in total. The van der Waals surface area contributed by atoms with Crippen LogP contribution in [0.1, 0.15) is 15.9 Å². The molecule has 7 heteroatoms. The number of ketones is 1. The van der Waals surface area contributed by atoms with Crippen molar-refractivity contribution in [3.05, 3.63) is 64.7 Å². The number of nitrogens with zero attached hydrogens (tertiary/aromatic N) is 1. The lowest BCUT2D eigenvalue weighted by molar-refractivity contribution is -0.121. The van der Waals surface area contributed by atoms with Gasteiger partial charge in [0.25, 0.3) is 0 Å². The highest BCUT2D eigenvalue weighted by Gasteiger charge is 2.23. The second kappa shape index (κ2) is 7.72. The molecule has 0 bridgehead atoms. The van der Waals surface area contributed by atoms with Crippen molar-refractivity contribution in [2.24, 2.45) is 11.5 Å². The highest BCUT2D eigenvalue weighted by atomic mass is 35.5. The van der Waals surface area contributed by atoms with Crippen molar-refractivity contribution in [3.8, 4) is 0 Å². The van der Waals surface area contributed by atoms with Crippen LogP contribution in [0.15, 0.2) is 48.5 Å². The molecule has 0 aliphatic rings. The maximum atomic E-state index is 12.8. The Morgan fingerprint density at radius 2 is 1.71 bits per heavy atom. The van der Waals surface area contributed by atoms with Crippen LogP contribution in [-0.2, 0) is 9.59 Å². The number of carbonyl (C=O) groups is 3. The normalized spacial score (nSPS) is 10.2. The smallest absolute Gasteiger partial charge is 0.241 e. The van der Waals surface area contributed by atoms with Crippen molar-refractivity contribution < 1.29 is 14.4 Å². The molecule has 2 rings (SSSR count). The van der Waals surface area contributed by atoms with Gasteiger partial charge in [0.2, 0.25) is 11.8 Å². The summed E-state index contributed by atoms with van der Waals surface area (Å²) in [5, 5.41) is 0.331. The SMILES string of the molecule is NCC(=O)N(CC(N)=O)c1ccc(Cl)cc1C(=O)c1ccccc1. The third-order valence-electron chi connectivity index (χ3n) is 3.32. The van der Waals surface area contributed by atoms with E-state index in [0.717, 1.165) is 4.90 Å². The summed E-state index contributed by atoms with van der Waals surface area (Å²) in [5.41, 5.74) is 11.5. The summed E-state index contributed by atoms with van der Waals surface area (Å²) in [6, 6.07) is 13.0. The van der Waals surface area contributed by atoms with Crippen molar-refractivity contribution in [1.82, 2.24) is 0 Å². The number of hydrogen-bond acceptors (Lipinski definition) is 4. The highest BCUT2D eigenvalue weighted by Crippen LogP contribution is 2.27. The van der Waals surface area contributed by atoms with Gasteiger partial charge in [-0.3, -0.25) is 14.4 Å². The predicted octanol–water partition coefficient (Wildman–Crippen LogP) is 1.35. The van der Waals surface area contributed by atoms with Crippen LogP contribution in [0.5, 0.6) is 0 Å². The Hall–Kier alpha value is -2.70. The molecule has 124 valence electrons. The first-order chi connectivity index (χ1) is 11.4. The van der Waals surface area contributed by atoms with Gasteiger partial charge in [0.05, 0.1) is 12.2 Å². The Morgan fingerprint density at radius 3 is 2.29 bits per heavy atom. The summed E-state index contributed by atoms with van der Waals surface area (Å²) in [5.74, 6) is -1.57. The first-order valence-electron chi connectivity index (χ1n) is 7.12. The van der Waals surface area contributed by atoms with Crippen molar-refractivity contribution in [3.63, 3.8) is 0 Å². The van der Waals surface area contributed by atoms with Crippen LogP contribution in [0.25, 0.3) is 0 Å². The monoisotopic (exact) mass is 345 g/mol. The molecule has 0 saturated heterocycles. The van der Waals surface area contributed by atoms with Crippen molar-refractivity contribution in [2.75, 3.05) is 18.0 Å². The summed E-state index contributed by atoms with van der Waals surface area (Å²) in [7, 11) is 0. The number of rotatable bonds is 6. The lowest BCUT2D eigenvalue weighted by Crippen LogP contribution is -2.42. The van der Waals surface area contributed by atoms with Crippen molar-refractivity contribution >= 4 is 34.9 Å². The molecule has 0 fully saturated rings. The molecule has 0 aliphatic heterocycles. The van der Waals surface area contributed by atoms with E-state index in [1.807, 2.05) is 0 Å². The molecule has 0 aromatic heterocycles. The summed E-state index contributed by atoms with van der Waals surface area (Å²) >= 11 is 6.00. The first kappa shape index (κ1) is 17.7. The van der Waals surface area contributed by atoms with Crippen molar-refractivity contribution in [1.29, 1.82) is 0 Å². The number of benzene rings is 2. The summed E-state index contributed by atoms with van der Waals surface area (Å²) < 4.78 is 0. The van der Waals surface area contributed by atoms with E-state index >= 15 is 0 Å². The zero-order valence-corrected chi connectivity index (χ0v) is 13.5. The molecule has 2 aromatic rings. The summed E-state index contributed by atoms with van der Waals surface area (Å²) in [4.78, 5) is 37.3. The van der Waals surface area contributed by atoms with E-state index in [2.05, 4.69) is 0 Å². The summed E-state index contributed by atoms with van der Waals surface area (Å²) in [6.07, 6.45) is 0. The van der Waals surface area contributed by atoms with E-state index < -0.39 is 11.8 Å². The number of primary amides is 1. The number of amides is 2. The lowest BCUT2D eigenvalue weighted by Gasteiger charge is -2.23. The third-order valence-corrected chi connectivity index (χ3v) is 3.55. The first-order valence-corrected chi connectivity index (χ1v) is 7.50.